The molecular formula is C16H12ClN3O4. The minimum atomic E-state index is -1.29. The first kappa shape index (κ1) is 17.4. The number of azo groups is 1. The van der Waals surface area contributed by atoms with Crippen LogP contribution < -0.4 is 0 Å². The molecule has 0 heterocycles. The van der Waals surface area contributed by atoms with E-state index in [0.29, 0.717) is 5.56 Å². The van der Waals surface area contributed by atoms with Crippen LogP contribution in [0.3, 0.4) is 0 Å². The fraction of sp³-hybridized carbons (Fsp3) is 0.125. The second kappa shape index (κ2) is 7.56. The van der Waals surface area contributed by atoms with Crippen LogP contribution in [0.1, 0.15) is 17.3 Å². The van der Waals surface area contributed by atoms with Crippen LogP contribution in [-0.2, 0) is 4.79 Å². The van der Waals surface area contributed by atoms with Crippen molar-refractivity contribution in [1.29, 1.82) is 0 Å². The summed E-state index contributed by atoms with van der Waals surface area (Å²) in [7, 11) is 0. The maximum absolute atomic E-state index is 12.3. The smallest absolute Gasteiger partial charge is 0.271 e. The number of hydrogen-bond acceptors (Lipinski definition) is 6. The van der Waals surface area contributed by atoms with Crippen molar-refractivity contribution in [3.05, 3.63) is 69.2 Å². The van der Waals surface area contributed by atoms with Crippen molar-refractivity contribution in [2.24, 2.45) is 10.2 Å². The van der Waals surface area contributed by atoms with Crippen LogP contribution in [-0.4, -0.2) is 22.5 Å². The van der Waals surface area contributed by atoms with Crippen molar-refractivity contribution in [2.45, 2.75) is 13.0 Å². The van der Waals surface area contributed by atoms with E-state index < -0.39 is 22.5 Å². The number of nitro benzene ring substituents is 1. The first-order valence-corrected chi connectivity index (χ1v) is 7.22. The normalized spacial score (nSPS) is 12.1. The van der Waals surface area contributed by atoms with Gasteiger partial charge in [-0.05, 0) is 13.0 Å². The lowest BCUT2D eigenvalue weighted by Gasteiger charge is -2.07. The Bertz CT molecular complexity index is 821. The predicted octanol–water partition coefficient (Wildman–Crippen LogP) is 4.17. The standard InChI is InChI=1S/C16H12ClN3O4/c1-10(21)15(16(22)11-5-3-2-4-6-11)19-18-14-8-7-12(20(23)24)9-13(14)17/h2-9,15H,1H3. The van der Waals surface area contributed by atoms with Gasteiger partial charge < -0.3 is 0 Å². The van der Waals surface area contributed by atoms with Gasteiger partial charge >= 0.3 is 0 Å². The number of Topliss-reactive ketones (excluding diaryl/α,β-unsaturated/α-hetero) is 2. The zero-order chi connectivity index (χ0) is 17.7. The molecule has 1 unspecified atom stereocenters. The highest BCUT2D eigenvalue weighted by Crippen LogP contribution is 2.29. The predicted molar refractivity (Wildman–Crippen MR) is 87.9 cm³/mol. The minimum absolute atomic E-state index is 0.00223. The van der Waals surface area contributed by atoms with E-state index in [9.17, 15) is 19.7 Å². The highest BCUT2D eigenvalue weighted by molar-refractivity contribution is 6.33. The van der Waals surface area contributed by atoms with Crippen molar-refractivity contribution in [3.8, 4) is 0 Å². The van der Waals surface area contributed by atoms with E-state index >= 15 is 0 Å². The number of carbonyl (C=O) groups excluding carboxylic acids is 2. The van der Waals surface area contributed by atoms with Gasteiger partial charge in [0.2, 0.25) is 0 Å². The van der Waals surface area contributed by atoms with Gasteiger partial charge in [0.05, 0.1) is 9.95 Å². The largest absolute Gasteiger partial charge is 0.297 e. The van der Waals surface area contributed by atoms with Gasteiger partial charge in [-0.1, -0.05) is 41.9 Å². The SMILES string of the molecule is CC(=O)C(N=Nc1ccc([N+](=O)[O-])cc1Cl)C(=O)c1ccccc1. The molecule has 0 amide bonds. The Morgan fingerprint density at radius 2 is 1.83 bits per heavy atom. The maximum atomic E-state index is 12.3. The van der Waals surface area contributed by atoms with E-state index in [-0.39, 0.29) is 16.4 Å². The maximum Gasteiger partial charge on any atom is 0.271 e. The van der Waals surface area contributed by atoms with Crippen LogP contribution in [0.5, 0.6) is 0 Å². The summed E-state index contributed by atoms with van der Waals surface area (Å²) < 4.78 is 0. The summed E-state index contributed by atoms with van der Waals surface area (Å²) in [4.78, 5) is 34.1. The van der Waals surface area contributed by atoms with E-state index in [1.54, 1.807) is 30.3 Å². The van der Waals surface area contributed by atoms with Gasteiger partial charge in [0.1, 0.15) is 5.69 Å². The summed E-state index contributed by atoms with van der Waals surface area (Å²) >= 11 is 5.91. The Balaban J connectivity index is 2.28. The molecule has 122 valence electrons. The molecule has 0 bridgehead atoms. The minimum Gasteiger partial charge on any atom is -0.297 e. The molecule has 0 fully saturated rings. The van der Waals surface area contributed by atoms with Crippen LogP contribution >= 0.6 is 11.6 Å². The molecule has 0 radical (unpaired) electrons. The molecule has 7 nitrogen and oxygen atoms in total. The van der Waals surface area contributed by atoms with Gasteiger partial charge in [0.25, 0.3) is 5.69 Å². The summed E-state index contributed by atoms with van der Waals surface area (Å²) in [6.07, 6.45) is 0. The Morgan fingerprint density at radius 1 is 1.17 bits per heavy atom. The van der Waals surface area contributed by atoms with Crippen molar-refractivity contribution in [1.82, 2.24) is 0 Å². The Morgan fingerprint density at radius 3 is 2.38 bits per heavy atom. The average molecular weight is 346 g/mol. The van der Waals surface area contributed by atoms with Crippen LogP contribution in [0.25, 0.3) is 0 Å². The fourth-order valence-corrected chi connectivity index (χ4v) is 2.10. The number of ketones is 2. The van der Waals surface area contributed by atoms with Gasteiger partial charge in [-0.15, -0.1) is 0 Å². The summed E-state index contributed by atoms with van der Waals surface area (Å²) in [5.41, 5.74) is 0.281. The van der Waals surface area contributed by atoms with Gasteiger partial charge in [0, 0.05) is 17.7 Å². The molecule has 0 aromatic heterocycles. The number of non-ortho nitro benzene ring substituents is 1. The van der Waals surface area contributed by atoms with Crippen molar-refractivity contribution in [2.75, 3.05) is 0 Å². The topological polar surface area (TPSA) is 102 Å². The molecular weight excluding hydrogens is 334 g/mol. The molecule has 0 saturated heterocycles. The molecule has 0 aliphatic carbocycles. The molecule has 2 rings (SSSR count). The molecule has 2 aromatic carbocycles. The molecule has 24 heavy (non-hydrogen) atoms. The van der Waals surface area contributed by atoms with Crippen LogP contribution in [0.15, 0.2) is 58.8 Å². The van der Waals surface area contributed by atoms with Crippen molar-refractivity contribution >= 4 is 34.5 Å². The van der Waals surface area contributed by atoms with E-state index in [1.807, 2.05) is 0 Å². The number of carbonyl (C=O) groups is 2. The van der Waals surface area contributed by atoms with E-state index in [0.717, 1.165) is 6.07 Å². The molecule has 1 atom stereocenters. The zero-order valence-corrected chi connectivity index (χ0v) is 13.3. The van der Waals surface area contributed by atoms with Gasteiger partial charge in [-0.2, -0.15) is 10.2 Å². The monoisotopic (exact) mass is 345 g/mol. The number of hydrogen-bond donors (Lipinski definition) is 0. The second-order valence-corrected chi connectivity index (χ2v) is 5.26. The number of nitrogens with zero attached hydrogens (tertiary/aromatic N) is 3. The third-order valence-electron chi connectivity index (χ3n) is 3.11. The van der Waals surface area contributed by atoms with Crippen molar-refractivity contribution in [3.63, 3.8) is 0 Å². The van der Waals surface area contributed by atoms with Gasteiger partial charge in [-0.25, -0.2) is 0 Å². The molecule has 0 N–H and O–H groups in total. The lowest BCUT2D eigenvalue weighted by atomic mass is 10.0. The average Bonchev–Trinajstić information content (AvgIpc) is 2.56. The molecule has 0 spiro atoms. The number of rotatable bonds is 6. The molecule has 2 aromatic rings. The summed E-state index contributed by atoms with van der Waals surface area (Å²) in [6.45, 7) is 1.24. The molecule has 0 saturated carbocycles. The number of nitro groups is 1. The first-order chi connectivity index (χ1) is 11.4. The van der Waals surface area contributed by atoms with Gasteiger partial charge in [-0.3, -0.25) is 19.7 Å². The summed E-state index contributed by atoms with van der Waals surface area (Å²) in [5.74, 6) is -0.949. The second-order valence-electron chi connectivity index (χ2n) is 4.85. The van der Waals surface area contributed by atoms with Crippen LogP contribution in [0.4, 0.5) is 11.4 Å². The zero-order valence-electron chi connectivity index (χ0n) is 12.5. The highest BCUT2D eigenvalue weighted by Gasteiger charge is 2.24. The third-order valence-corrected chi connectivity index (χ3v) is 3.42. The third kappa shape index (κ3) is 4.08. The molecule has 8 heteroatoms. The Kier molecular flexibility index (Phi) is 5.49. The Hall–Kier alpha value is -2.93. The van der Waals surface area contributed by atoms with E-state index in [4.69, 9.17) is 11.6 Å². The Labute approximate surface area is 142 Å². The number of halogens is 1. The lowest BCUT2D eigenvalue weighted by molar-refractivity contribution is -0.384. The molecule has 0 aliphatic heterocycles. The summed E-state index contributed by atoms with van der Waals surface area (Å²) in [5, 5.41) is 18.3. The van der Waals surface area contributed by atoms with Gasteiger partial charge in [0.15, 0.2) is 17.6 Å². The summed E-state index contributed by atoms with van der Waals surface area (Å²) in [6, 6.07) is 10.6. The van der Waals surface area contributed by atoms with E-state index in [1.165, 1.54) is 19.1 Å². The van der Waals surface area contributed by atoms with Crippen molar-refractivity contribution < 1.29 is 14.5 Å². The van der Waals surface area contributed by atoms with Crippen LogP contribution in [0, 0.1) is 10.1 Å². The lowest BCUT2D eigenvalue weighted by Crippen LogP contribution is -2.26. The van der Waals surface area contributed by atoms with Crippen LogP contribution in [0.2, 0.25) is 5.02 Å². The molecule has 0 aliphatic rings. The number of benzene rings is 2. The fourth-order valence-electron chi connectivity index (χ4n) is 1.89. The first-order valence-electron chi connectivity index (χ1n) is 6.84. The quantitative estimate of drug-likeness (QED) is 0.257. The highest BCUT2D eigenvalue weighted by atomic mass is 35.5. The van der Waals surface area contributed by atoms with E-state index in [2.05, 4.69) is 10.2 Å².